The van der Waals surface area contributed by atoms with Crippen LogP contribution in [0.1, 0.15) is 39.2 Å². The van der Waals surface area contributed by atoms with E-state index in [-0.39, 0.29) is 17.7 Å². The molecule has 2 heterocycles. The minimum atomic E-state index is -0.242. The Kier molecular flexibility index (Phi) is 4.99. The number of likely N-dealkylation sites (tertiary alicyclic amines) is 1. The largest absolute Gasteiger partial charge is 0.428 e. The van der Waals surface area contributed by atoms with Crippen molar-refractivity contribution in [2.75, 3.05) is 37.6 Å². The minimum absolute atomic E-state index is 0.162. The van der Waals surface area contributed by atoms with Crippen LogP contribution >= 0.6 is 0 Å². The van der Waals surface area contributed by atoms with Crippen molar-refractivity contribution in [3.8, 4) is 0 Å². The summed E-state index contributed by atoms with van der Waals surface area (Å²) in [6.07, 6.45) is 1.74. The van der Waals surface area contributed by atoms with E-state index < -0.39 is 0 Å². The lowest BCUT2D eigenvalue weighted by molar-refractivity contribution is 0.0505. The molecule has 132 valence electrons. The highest BCUT2D eigenvalue weighted by molar-refractivity contribution is 5.68. The lowest BCUT2D eigenvalue weighted by Crippen LogP contribution is -2.53. The quantitative estimate of drug-likeness (QED) is 0.905. The van der Waals surface area contributed by atoms with Crippen molar-refractivity contribution in [3.05, 3.63) is 29.8 Å². The van der Waals surface area contributed by atoms with Gasteiger partial charge >= 0.3 is 6.09 Å². The number of piperazine rings is 1. The monoisotopic (exact) mass is 331 g/mol. The summed E-state index contributed by atoms with van der Waals surface area (Å²) in [4.78, 5) is 16.2. The molecule has 0 saturated carbocycles. The van der Waals surface area contributed by atoms with Gasteiger partial charge in [-0.25, -0.2) is 4.79 Å². The van der Waals surface area contributed by atoms with E-state index in [9.17, 15) is 4.79 Å². The summed E-state index contributed by atoms with van der Waals surface area (Å²) in [6.45, 7) is 10.7. The molecule has 24 heavy (non-hydrogen) atoms. The van der Waals surface area contributed by atoms with E-state index in [0.29, 0.717) is 6.54 Å². The van der Waals surface area contributed by atoms with E-state index in [1.807, 2.05) is 0 Å². The van der Waals surface area contributed by atoms with E-state index in [4.69, 9.17) is 4.74 Å². The van der Waals surface area contributed by atoms with Gasteiger partial charge in [0.05, 0.1) is 6.54 Å². The number of nitrogens with zero attached hydrogens (tertiary/aromatic N) is 2. The highest BCUT2D eigenvalue weighted by atomic mass is 16.6. The SMILES string of the molecule is CC(C)(C)c1ccc(N2CCN[C@@H](OC(=O)N3CCCC3)C2)cc1. The summed E-state index contributed by atoms with van der Waals surface area (Å²) < 4.78 is 5.64. The predicted molar refractivity (Wildman–Crippen MR) is 96.4 cm³/mol. The molecule has 0 aromatic heterocycles. The standard InChI is InChI=1S/C19H29N3O2/c1-19(2,3)15-6-8-16(9-7-15)22-13-10-20-17(14-22)24-18(23)21-11-4-5-12-21/h6-9,17,20H,4-5,10-14H2,1-3H3/t17-/m0/s1. The van der Waals surface area contributed by atoms with Crippen LogP contribution in [0.15, 0.2) is 24.3 Å². The fourth-order valence-corrected chi connectivity index (χ4v) is 3.30. The Morgan fingerprint density at radius 1 is 1.12 bits per heavy atom. The molecule has 0 spiro atoms. The van der Waals surface area contributed by atoms with Crippen LogP contribution in [0.5, 0.6) is 0 Å². The first-order valence-electron chi connectivity index (χ1n) is 8.98. The summed E-state index contributed by atoms with van der Waals surface area (Å²) in [5.74, 6) is 0. The van der Waals surface area contributed by atoms with Crippen molar-refractivity contribution in [3.63, 3.8) is 0 Å². The number of hydrogen-bond donors (Lipinski definition) is 1. The van der Waals surface area contributed by atoms with Gasteiger partial charge in [-0.05, 0) is 36.0 Å². The fraction of sp³-hybridized carbons (Fsp3) is 0.632. The average Bonchev–Trinajstić information content (AvgIpc) is 3.09. The van der Waals surface area contributed by atoms with Crippen LogP contribution in [0.3, 0.4) is 0 Å². The van der Waals surface area contributed by atoms with Crippen LogP contribution < -0.4 is 10.2 Å². The van der Waals surface area contributed by atoms with Gasteiger partial charge in [0.25, 0.3) is 0 Å². The van der Waals surface area contributed by atoms with Crippen LogP contribution in [0, 0.1) is 0 Å². The van der Waals surface area contributed by atoms with E-state index >= 15 is 0 Å². The number of benzene rings is 1. The van der Waals surface area contributed by atoms with Gasteiger partial charge in [-0.3, -0.25) is 5.32 Å². The van der Waals surface area contributed by atoms with Gasteiger partial charge in [-0.15, -0.1) is 0 Å². The highest BCUT2D eigenvalue weighted by Gasteiger charge is 2.26. The minimum Gasteiger partial charge on any atom is -0.428 e. The Balaban J connectivity index is 1.59. The van der Waals surface area contributed by atoms with E-state index in [0.717, 1.165) is 39.0 Å². The van der Waals surface area contributed by atoms with Crippen LogP contribution in [0.2, 0.25) is 0 Å². The Labute approximate surface area is 145 Å². The Hall–Kier alpha value is -1.75. The smallest absolute Gasteiger partial charge is 0.411 e. The Morgan fingerprint density at radius 2 is 1.79 bits per heavy atom. The lowest BCUT2D eigenvalue weighted by atomic mass is 9.87. The van der Waals surface area contributed by atoms with Crippen molar-refractivity contribution in [2.45, 2.75) is 45.3 Å². The summed E-state index contributed by atoms with van der Waals surface area (Å²) in [7, 11) is 0. The molecule has 5 heteroatoms. The first-order valence-corrected chi connectivity index (χ1v) is 8.98. The van der Waals surface area contributed by atoms with E-state index in [1.54, 1.807) is 4.90 Å². The van der Waals surface area contributed by atoms with Gasteiger partial charge in [0.2, 0.25) is 0 Å². The number of ether oxygens (including phenoxy) is 1. The number of carbonyl (C=O) groups excluding carboxylic acids is 1. The van der Waals surface area contributed by atoms with Crippen LogP contribution in [-0.4, -0.2) is 49.9 Å². The molecule has 0 bridgehead atoms. The van der Waals surface area contributed by atoms with Crippen LogP contribution in [0.4, 0.5) is 10.5 Å². The summed E-state index contributed by atoms with van der Waals surface area (Å²) in [5.41, 5.74) is 2.68. The molecule has 1 atom stereocenters. The molecule has 1 amide bonds. The molecule has 2 aliphatic rings. The predicted octanol–water partition coefficient (Wildman–Crippen LogP) is 2.95. The Morgan fingerprint density at radius 3 is 2.42 bits per heavy atom. The number of hydrogen-bond acceptors (Lipinski definition) is 4. The molecular formula is C19H29N3O2. The number of carbonyl (C=O) groups is 1. The maximum Gasteiger partial charge on any atom is 0.411 e. The molecule has 0 aliphatic carbocycles. The zero-order valence-corrected chi connectivity index (χ0v) is 15.0. The molecule has 1 N–H and O–H groups in total. The zero-order valence-electron chi connectivity index (χ0n) is 15.0. The molecule has 1 aromatic carbocycles. The third-order valence-corrected chi connectivity index (χ3v) is 4.85. The van der Waals surface area contributed by atoms with E-state index in [1.165, 1.54) is 11.3 Å². The van der Waals surface area contributed by atoms with Crippen molar-refractivity contribution in [1.29, 1.82) is 0 Å². The van der Waals surface area contributed by atoms with Gasteiger partial charge in [-0.2, -0.15) is 0 Å². The maximum absolute atomic E-state index is 12.2. The van der Waals surface area contributed by atoms with Gasteiger partial charge in [0.15, 0.2) is 6.23 Å². The number of rotatable bonds is 2. The van der Waals surface area contributed by atoms with Gasteiger partial charge in [0.1, 0.15) is 0 Å². The second kappa shape index (κ2) is 7.01. The molecule has 5 nitrogen and oxygen atoms in total. The maximum atomic E-state index is 12.2. The number of anilines is 1. The normalized spacial score (nSPS) is 21.9. The van der Waals surface area contributed by atoms with Crippen LogP contribution in [0.25, 0.3) is 0 Å². The highest BCUT2D eigenvalue weighted by Crippen LogP contribution is 2.25. The van der Waals surface area contributed by atoms with Crippen molar-refractivity contribution >= 4 is 11.8 Å². The molecule has 0 unspecified atom stereocenters. The van der Waals surface area contributed by atoms with Gasteiger partial charge < -0.3 is 14.5 Å². The fourth-order valence-electron chi connectivity index (χ4n) is 3.30. The van der Waals surface area contributed by atoms with Gasteiger partial charge in [0, 0.05) is 31.9 Å². The molecule has 1 aromatic rings. The van der Waals surface area contributed by atoms with Crippen molar-refractivity contribution in [2.24, 2.45) is 0 Å². The van der Waals surface area contributed by atoms with Gasteiger partial charge in [-0.1, -0.05) is 32.9 Å². The average molecular weight is 331 g/mol. The molecule has 2 saturated heterocycles. The Bertz CT molecular complexity index is 559. The summed E-state index contributed by atoms with van der Waals surface area (Å²) in [6, 6.07) is 8.74. The zero-order chi connectivity index (χ0) is 17.2. The lowest BCUT2D eigenvalue weighted by Gasteiger charge is -2.35. The summed E-state index contributed by atoms with van der Waals surface area (Å²) >= 11 is 0. The second-order valence-corrected chi connectivity index (χ2v) is 7.76. The molecular weight excluding hydrogens is 302 g/mol. The molecule has 0 radical (unpaired) electrons. The van der Waals surface area contributed by atoms with Crippen molar-refractivity contribution in [1.82, 2.24) is 10.2 Å². The van der Waals surface area contributed by atoms with Crippen molar-refractivity contribution < 1.29 is 9.53 Å². The molecule has 3 rings (SSSR count). The first kappa shape index (κ1) is 17.1. The number of amides is 1. The molecule has 2 fully saturated rings. The summed E-state index contributed by atoms with van der Waals surface area (Å²) in [5, 5.41) is 3.30. The van der Waals surface area contributed by atoms with E-state index in [2.05, 4.69) is 55.3 Å². The third-order valence-electron chi connectivity index (χ3n) is 4.85. The van der Waals surface area contributed by atoms with Crippen LogP contribution in [-0.2, 0) is 10.2 Å². The number of nitrogens with one attached hydrogen (secondary N) is 1. The first-order chi connectivity index (χ1) is 11.4. The second-order valence-electron chi connectivity index (χ2n) is 7.76. The topological polar surface area (TPSA) is 44.8 Å². The molecule has 2 aliphatic heterocycles. The third kappa shape index (κ3) is 4.01.